The van der Waals surface area contributed by atoms with Gasteiger partial charge in [-0.1, -0.05) is 49.1 Å². The summed E-state index contributed by atoms with van der Waals surface area (Å²) in [6, 6.07) is 0. The Morgan fingerprint density at radius 2 is 1.90 bits per heavy atom. The lowest BCUT2D eigenvalue weighted by molar-refractivity contribution is 1.50. The zero-order chi connectivity index (χ0) is 8.41. The predicted octanol–water partition coefficient (Wildman–Crippen LogP) is 4.47. The Morgan fingerprint density at radius 1 is 1.40 bits per heavy atom. The van der Waals surface area contributed by atoms with Crippen LogP contribution in [-0.2, 0) is 0 Å². The second-order valence-electron chi connectivity index (χ2n) is 1.08. The van der Waals surface area contributed by atoms with Crippen molar-refractivity contribution in [2.75, 3.05) is 0 Å². The van der Waals surface area contributed by atoms with Crippen LogP contribution in [0.5, 0.6) is 0 Å². The minimum Gasteiger partial charge on any atom is -0.0990 e. The summed E-state index contributed by atoms with van der Waals surface area (Å²) < 4.78 is 3.17. The lowest BCUT2D eigenvalue weighted by atomic mass is 10.5. The summed E-state index contributed by atoms with van der Waals surface area (Å²) in [7, 11) is 0. The lowest BCUT2D eigenvalue weighted by Crippen LogP contribution is -1.54. The summed E-state index contributed by atoms with van der Waals surface area (Å²) in [5.74, 6) is 0. The molecule has 0 aromatic carbocycles. The zero-order valence-electron chi connectivity index (χ0n) is 6.27. The highest BCUT2D eigenvalue weighted by atomic mass is 127. The van der Waals surface area contributed by atoms with E-state index in [4.69, 9.17) is 0 Å². The van der Waals surface area contributed by atoms with Gasteiger partial charge in [0.05, 0.1) is 0 Å². The number of hydrogen-bond donors (Lipinski definition) is 0. The molecule has 0 aliphatic heterocycles. The second-order valence-corrected chi connectivity index (χ2v) is 3.04. The van der Waals surface area contributed by atoms with Crippen LogP contribution in [0.2, 0.25) is 0 Å². The van der Waals surface area contributed by atoms with Crippen molar-refractivity contribution in [1.29, 1.82) is 0 Å². The van der Waals surface area contributed by atoms with Crippen molar-refractivity contribution in [3.8, 4) is 0 Å². The van der Waals surface area contributed by atoms with Gasteiger partial charge in [-0.15, -0.1) is 0 Å². The van der Waals surface area contributed by atoms with Crippen molar-refractivity contribution in [2.45, 2.75) is 13.8 Å². The molecule has 0 atom stereocenters. The van der Waals surface area contributed by atoms with E-state index in [2.05, 4.69) is 51.8 Å². The van der Waals surface area contributed by atoms with E-state index in [9.17, 15) is 0 Å². The molecule has 0 amide bonds. The average molecular weight is 362 g/mol. The fourth-order valence-corrected chi connectivity index (χ4v) is 1.74. The van der Waals surface area contributed by atoms with Gasteiger partial charge in [-0.05, 0) is 38.8 Å². The van der Waals surface area contributed by atoms with Crippen LogP contribution in [0.15, 0.2) is 32.5 Å². The SMILES string of the molecule is C=C/C=C(I)\C=C\I.CC. The number of hydrogen-bond acceptors (Lipinski definition) is 0. The summed E-state index contributed by atoms with van der Waals surface area (Å²) in [5.41, 5.74) is 0. The van der Waals surface area contributed by atoms with Gasteiger partial charge in [-0.25, -0.2) is 0 Å². The maximum absolute atomic E-state index is 3.57. The number of halogens is 2. The molecule has 0 aromatic rings. The van der Waals surface area contributed by atoms with E-state index in [-0.39, 0.29) is 0 Å². The third-order valence-corrected chi connectivity index (χ3v) is 1.58. The Bertz CT molecular complexity index is 123. The second kappa shape index (κ2) is 12.4. The van der Waals surface area contributed by atoms with Gasteiger partial charge in [0, 0.05) is 3.58 Å². The molecule has 0 unspecified atom stereocenters. The Balaban J connectivity index is 0. The van der Waals surface area contributed by atoms with Crippen LogP contribution in [0.3, 0.4) is 0 Å². The summed E-state index contributed by atoms with van der Waals surface area (Å²) >= 11 is 4.42. The average Bonchev–Trinajstić information content (AvgIpc) is 1.93. The molecular formula is C8H12I2. The van der Waals surface area contributed by atoms with E-state index >= 15 is 0 Å². The topological polar surface area (TPSA) is 0 Å². The van der Waals surface area contributed by atoms with Gasteiger partial charge >= 0.3 is 0 Å². The highest BCUT2D eigenvalue weighted by Crippen LogP contribution is 2.07. The molecule has 0 aliphatic carbocycles. The molecule has 0 spiro atoms. The Kier molecular flexibility index (Phi) is 16.4. The Hall–Kier alpha value is 0.680. The van der Waals surface area contributed by atoms with Gasteiger partial charge in [-0.2, -0.15) is 0 Å². The summed E-state index contributed by atoms with van der Waals surface area (Å²) in [6.45, 7) is 7.57. The monoisotopic (exact) mass is 362 g/mol. The molecule has 0 saturated carbocycles. The fraction of sp³-hybridized carbons (Fsp3) is 0.250. The fourth-order valence-electron chi connectivity index (χ4n) is 0.228. The largest absolute Gasteiger partial charge is 0.0990 e. The van der Waals surface area contributed by atoms with Gasteiger partial charge in [0.2, 0.25) is 0 Å². The molecule has 0 N–H and O–H groups in total. The van der Waals surface area contributed by atoms with E-state index in [1.807, 2.05) is 30.1 Å². The molecule has 10 heavy (non-hydrogen) atoms. The van der Waals surface area contributed by atoms with Gasteiger partial charge in [0.1, 0.15) is 0 Å². The number of allylic oxidation sites excluding steroid dienone is 4. The summed E-state index contributed by atoms with van der Waals surface area (Å²) in [6.07, 6.45) is 5.75. The molecule has 0 aromatic heterocycles. The quantitative estimate of drug-likeness (QED) is 0.503. The third kappa shape index (κ3) is 11.5. The Labute approximate surface area is 90.8 Å². The van der Waals surface area contributed by atoms with Crippen LogP contribution in [0, 0.1) is 0 Å². The minimum absolute atomic E-state index is 1.20. The van der Waals surface area contributed by atoms with E-state index in [0.717, 1.165) is 0 Å². The van der Waals surface area contributed by atoms with Crippen molar-refractivity contribution in [1.82, 2.24) is 0 Å². The standard InChI is InChI=1S/C6H6I2.C2H6/c1-2-3-6(8)4-5-7;1-2/h2-5H,1H2;1-2H3/b5-4+,6-3+;. The smallest absolute Gasteiger partial charge is 0.0134 e. The zero-order valence-corrected chi connectivity index (χ0v) is 10.6. The molecule has 0 saturated heterocycles. The first-order valence-electron chi connectivity index (χ1n) is 3.06. The first-order chi connectivity index (χ1) is 4.81. The molecule has 0 bridgehead atoms. The predicted molar refractivity (Wildman–Crippen MR) is 66.8 cm³/mol. The van der Waals surface area contributed by atoms with E-state index in [1.54, 1.807) is 6.08 Å². The van der Waals surface area contributed by atoms with Crippen molar-refractivity contribution in [2.24, 2.45) is 0 Å². The van der Waals surface area contributed by atoms with Crippen LogP contribution >= 0.6 is 45.2 Å². The van der Waals surface area contributed by atoms with Gasteiger partial charge < -0.3 is 0 Å². The van der Waals surface area contributed by atoms with Crippen molar-refractivity contribution in [3.05, 3.63) is 32.5 Å². The van der Waals surface area contributed by atoms with Crippen molar-refractivity contribution < 1.29 is 0 Å². The molecule has 2 heteroatoms. The molecular weight excluding hydrogens is 350 g/mol. The highest BCUT2D eigenvalue weighted by Gasteiger charge is 1.75. The molecule has 0 radical (unpaired) electrons. The molecule has 58 valence electrons. The van der Waals surface area contributed by atoms with Crippen LogP contribution in [0.1, 0.15) is 13.8 Å². The molecule has 0 rings (SSSR count). The first kappa shape index (κ1) is 13.3. The van der Waals surface area contributed by atoms with Crippen LogP contribution in [0.25, 0.3) is 0 Å². The van der Waals surface area contributed by atoms with Crippen LogP contribution < -0.4 is 0 Å². The van der Waals surface area contributed by atoms with E-state index in [0.29, 0.717) is 0 Å². The lowest BCUT2D eigenvalue weighted by Gasteiger charge is -1.79. The Morgan fingerprint density at radius 3 is 2.20 bits per heavy atom. The van der Waals surface area contributed by atoms with E-state index in [1.165, 1.54) is 3.58 Å². The number of rotatable bonds is 2. The maximum atomic E-state index is 3.57. The molecule has 0 nitrogen and oxygen atoms in total. The summed E-state index contributed by atoms with van der Waals surface area (Å²) in [5, 5.41) is 0. The van der Waals surface area contributed by atoms with E-state index < -0.39 is 0 Å². The van der Waals surface area contributed by atoms with Gasteiger partial charge in [0.25, 0.3) is 0 Å². The van der Waals surface area contributed by atoms with Gasteiger partial charge in [0.15, 0.2) is 0 Å². The van der Waals surface area contributed by atoms with Crippen molar-refractivity contribution >= 4 is 45.2 Å². The van der Waals surface area contributed by atoms with Crippen LogP contribution in [-0.4, -0.2) is 0 Å². The summed E-state index contributed by atoms with van der Waals surface area (Å²) in [4.78, 5) is 0. The van der Waals surface area contributed by atoms with Crippen LogP contribution in [0.4, 0.5) is 0 Å². The third-order valence-electron chi connectivity index (χ3n) is 0.499. The van der Waals surface area contributed by atoms with Crippen molar-refractivity contribution in [3.63, 3.8) is 0 Å². The maximum Gasteiger partial charge on any atom is 0.0134 e. The molecule has 0 fully saturated rings. The normalized spacial score (nSPS) is 10.6. The first-order valence-corrected chi connectivity index (χ1v) is 5.38. The van der Waals surface area contributed by atoms with Gasteiger partial charge in [-0.3, -0.25) is 0 Å². The molecule has 0 heterocycles. The molecule has 0 aliphatic rings. The minimum atomic E-state index is 1.20. The highest BCUT2D eigenvalue weighted by molar-refractivity contribution is 14.1.